The minimum atomic E-state index is -0.986. The number of halogens is 1. The van der Waals surface area contributed by atoms with Crippen molar-refractivity contribution in [2.24, 2.45) is 5.41 Å². The first-order chi connectivity index (χ1) is 12.4. The molecule has 0 bridgehead atoms. The predicted octanol–water partition coefficient (Wildman–Crippen LogP) is 2.45. The molecule has 138 valence electrons. The van der Waals surface area contributed by atoms with Gasteiger partial charge in [0.25, 0.3) is 5.91 Å². The van der Waals surface area contributed by atoms with Crippen LogP contribution >= 0.6 is 11.6 Å². The molecule has 1 saturated heterocycles. The maximum absolute atomic E-state index is 12.6. The SMILES string of the molecule is Cc1c(C(=O)NCC2(C(=O)O)CCOCC2)cnn1-c1ccccc1Cl. The van der Waals surface area contributed by atoms with Gasteiger partial charge in [0.1, 0.15) is 0 Å². The third kappa shape index (κ3) is 3.45. The average molecular weight is 378 g/mol. The third-order valence-electron chi connectivity index (χ3n) is 4.83. The molecule has 1 aromatic heterocycles. The molecule has 2 N–H and O–H groups in total. The molecule has 2 heterocycles. The highest BCUT2D eigenvalue weighted by Crippen LogP contribution is 2.30. The fraction of sp³-hybridized carbons (Fsp3) is 0.389. The zero-order valence-electron chi connectivity index (χ0n) is 14.4. The summed E-state index contributed by atoms with van der Waals surface area (Å²) in [6.45, 7) is 2.59. The van der Waals surface area contributed by atoms with E-state index in [0.29, 0.717) is 48.0 Å². The zero-order valence-corrected chi connectivity index (χ0v) is 15.1. The van der Waals surface area contributed by atoms with Gasteiger partial charge in [-0.15, -0.1) is 0 Å². The van der Waals surface area contributed by atoms with Crippen molar-refractivity contribution in [1.29, 1.82) is 0 Å². The Morgan fingerprint density at radius 3 is 2.69 bits per heavy atom. The number of aromatic nitrogens is 2. The minimum absolute atomic E-state index is 0.0568. The molecule has 0 aliphatic carbocycles. The van der Waals surface area contributed by atoms with E-state index in [-0.39, 0.29) is 12.5 Å². The molecule has 26 heavy (non-hydrogen) atoms. The highest BCUT2D eigenvalue weighted by Gasteiger charge is 2.40. The van der Waals surface area contributed by atoms with Crippen LogP contribution < -0.4 is 5.32 Å². The van der Waals surface area contributed by atoms with Gasteiger partial charge in [-0.25, -0.2) is 4.68 Å². The van der Waals surface area contributed by atoms with E-state index >= 15 is 0 Å². The second-order valence-corrected chi connectivity index (χ2v) is 6.79. The number of ether oxygens (including phenoxy) is 1. The Morgan fingerprint density at radius 2 is 2.04 bits per heavy atom. The number of carboxylic acids is 1. The maximum atomic E-state index is 12.6. The summed E-state index contributed by atoms with van der Waals surface area (Å²) in [5.41, 5.74) is 0.710. The highest BCUT2D eigenvalue weighted by molar-refractivity contribution is 6.32. The normalized spacial score (nSPS) is 16.2. The van der Waals surface area contributed by atoms with Crippen LogP contribution in [0.3, 0.4) is 0 Å². The van der Waals surface area contributed by atoms with Gasteiger partial charge in [-0.05, 0) is 31.9 Å². The number of nitrogens with zero attached hydrogens (tertiary/aromatic N) is 2. The predicted molar refractivity (Wildman–Crippen MR) is 95.8 cm³/mol. The fourth-order valence-electron chi connectivity index (χ4n) is 3.07. The van der Waals surface area contributed by atoms with E-state index in [1.165, 1.54) is 6.20 Å². The van der Waals surface area contributed by atoms with Gasteiger partial charge in [-0.2, -0.15) is 5.10 Å². The van der Waals surface area contributed by atoms with Crippen LogP contribution in [0.15, 0.2) is 30.5 Å². The molecule has 3 rings (SSSR count). The third-order valence-corrected chi connectivity index (χ3v) is 5.15. The molecule has 0 spiro atoms. The Hall–Kier alpha value is -2.38. The monoisotopic (exact) mass is 377 g/mol. The summed E-state index contributed by atoms with van der Waals surface area (Å²) in [7, 11) is 0. The molecule has 0 radical (unpaired) electrons. The van der Waals surface area contributed by atoms with Crippen molar-refractivity contribution in [1.82, 2.24) is 15.1 Å². The number of hydrogen-bond acceptors (Lipinski definition) is 4. The second kappa shape index (κ2) is 7.47. The minimum Gasteiger partial charge on any atom is -0.481 e. The van der Waals surface area contributed by atoms with Gasteiger partial charge in [0, 0.05) is 19.8 Å². The Bertz CT molecular complexity index is 828. The van der Waals surface area contributed by atoms with E-state index in [1.807, 2.05) is 18.2 Å². The molecule has 0 unspecified atom stereocenters. The molecule has 1 amide bonds. The molecule has 7 nitrogen and oxygen atoms in total. The Balaban J connectivity index is 1.77. The van der Waals surface area contributed by atoms with Gasteiger partial charge in [-0.1, -0.05) is 23.7 Å². The lowest BCUT2D eigenvalue weighted by molar-refractivity contribution is -0.154. The van der Waals surface area contributed by atoms with Crippen molar-refractivity contribution in [3.05, 3.63) is 46.7 Å². The van der Waals surface area contributed by atoms with Crippen molar-refractivity contribution in [3.63, 3.8) is 0 Å². The molecule has 0 atom stereocenters. The number of carbonyl (C=O) groups excluding carboxylic acids is 1. The van der Waals surface area contributed by atoms with E-state index in [4.69, 9.17) is 16.3 Å². The first-order valence-electron chi connectivity index (χ1n) is 8.33. The summed E-state index contributed by atoms with van der Waals surface area (Å²) >= 11 is 6.20. The first kappa shape index (κ1) is 18.4. The van der Waals surface area contributed by atoms with Crippen molar-refractivity contribution >= 4 is 23.5 Å². The first-order valence-corrected chi connectivity index (χ1v) is 8.71. The summed E-state index contributed by atoms with van der Waals surface area (Å²) in [5, 5.41) is 17.1. The molecule has 0 saturated carbocycles. The van der Waals surface area contributed by atoms with Crippen molar-refractivity contribution in [2.45, 2.75) is 19.8 Å². The van der Waals surface area contributed by atoms with Crippen LogP contribution in [0, 0.1) is 12.3 Å². The van der Waals surface area contributed by atoms with Gasteiger partial charge in [0.15, 0.2) is 0 Å². The maximum Gasteiger partial charge on any atom is 0.311 e. The van der Waals surface area contributed by atoms with Crippen LogP contribution in [-0.4, -0.2) is 46.5 Å². The summed E-state index contributed by atoms with van der Waals surface area (Å²) in [4.78, 5) is 24.3. The van der Waals surface area contributed by atoms with Gasteiger partial charge in [-0.3, -0.25) is 9.59 Å². The largest absolute Gasteiger partial charge is 0.481 e. The fourth-order valence-corrected chi connectivity index (χ4v) is 3.29. The molecule has 8 heteroatoms. The Labute approximate surface area is 155 Å². The number of para-hydroxylation sites is 1. The van der Waals surface area contributed by atoms with Crippen molar-refractivity contribution < 1.29 is 19.4 Å². The lowest BCUT2D eigenvalue weighted by Gasteiger charge is -2.33. The summed E-state index contributed by atoms with van der Waals surface area (Å²) < 4.78 is 6.84. The summed E-state index contributed by atoms with van der Waals surface area (Å²) in [5.74, 6) is -1.27. The van der Waals surface area contributed by atoms with Gasteiger partial charge in [0.05, 0.1) is 33.6 Å². The molecular weight excluding hydrogens is 358 g/mol. The Kier molecular flexibility index (Phi) is 5.29. The van der Waals surface area contributed by atoms with E-state index < -0.39 is 11.4 Å². The molecule has 1 fully saturated rings. The van der Waals surface area contributed by atoms with Gasteiger partial charge < -0.3 is 15.2 Å². The molecule has 2 aromatic rings. The number of rotatable bonds is 5. The van der Waals surface area contributed by atoms with Gasteiger partial charge >= 0.3 is 5.97 Å². The topological polar surface area (TPSA) is 93.5 Å². The average Bonchev–Trinajstić information content (AvgIpc) is 3.02. The van der Waals surface area contributed by atoms with Gasteiger partial charge in [0.2, 0.25) is 0 Å². The number of carbonyl (C=O) groups is 2. The van der Waals surface area contributed by atoms with E-state index in [1.54, 1.807) is 17.7 Å². The lowest BCUT2D eigenvalue weighted by atomic mass is 9.80. The molecule has 1 aromatic carbocycles. The number of aliphatic carboxylic acids is 1. The van der Waals surface area contributed by atoms with E-state index in [2.05, 4.69) is 10.4 Å². The molecule has 1 aliphatic heterocycles. The van der Waals surface area contributed by atoms with E-state index in [0.717, 1.165) is 0 Å². The number of carboxylic acid groups (broad SMARTS) is 1. The lowest BCUT2D eigenvalue weighted by Crippen LogP contribution is -2.46. The van der Waals surface area contributed by atoms with E-state index in [9.17, 15) is 14.7 Å². The number of hydrogen-bond donors (Lipinski definition) is 2. The standard InChI is InChI=1S/C18H20ClN3O4/c1-12-13(10-21-22(12)15-5-3-2-4-14(15)19)16(23)20-11-18(17(24)25)6-8-26-9-7-18/h2-5,10H,6-9,11H2,1H3,(H,20,23)(H,24,25). The van der Waals surface area contributed by atoms with Crippen LogP contribution in [-0.2, 0) is 9.53 Å². The number of amides is 1. The van der Waals surface area contributed by atoms with Crippen molar-refractivity contribution in [2.75, 3.05) is 19.8 Å². The quantitative estimate of drug-likeness (QED) is 0.834. The van der Waals surface area contributed by atoms with Crippen LogP contribution in [0.2, 0.25) is 5.02 Å². The Morgan fingerprint density at radius 1 is 1.35 bits per heavy atom. The number of nitrogens with one attached hydrogen (secondary N) is 1. The molecule has 1 aliphatic rings. The summed E-state index contributed by atoms with van der Waals surface area (Å²) in [6, 6.07) is 7.21. The number of benzene rings is 1. The highest BCUT2D eigenvalue weighted by atomic mass is 35.5. The van der Waals surface area contributed by atoms with Crippen LogP contribution in [0.1, 0.15) is 28.9 Å². The molecular formula is C18H20ClN3O4. The van der Waals surface area contributed by atoms with Crippen LogP contribution in [0.5, 0.6) is 0 Å². The smallest absolute Gasteiger partial charge is 0.311 e. The zero-order chi connectivity index (χ0) is 18.7. The summed E-state index contributed by atoms with van der Waals surface area (Å²) in [6.07, 6.45) is 2.21. The van der Waals surface area contributed by atoms with Crippen LogP contribution in [0.25, 0.3) is 5.69 Å². The second-order valence-electron chi connectivity index (χ2n) is 6.39. The van der Waals surface area contributed by atoms with Crippen LogP contribution in [0.4, 0.5) is 0 Å². The van der Waals surface area contributed by atoms with Crippen molar-refractivity contribution in [3.8, 4) is 5.69 Å².